The van der Waals surface area contributed by atoms with E-state index in [9.17, 15) is 0 Å². The molecule has 0 unspecified atom stereocenters. The Labute approximate surface area is 257 Å². The van der Waals surface area contributed by atoms with Gasteiger partial charge in [-0.15, -0.1) is 0 Å². The molecule has 0 radical (unpaired) electrons. The molecule has 0 bridgehead atoms. The number of para-hydroxylation sites is 2. The van der Waals surface area contributed by atoms with Crippen LogP contribution in [0.5, 0.6) is 0 Å². The van der Waals surface area contributed by atoms with Crippen LogP contribution in [0, 0.1) is 0 Å². The van der Waals surface area contributed by atoms with E-state index in [0.717, 1.165) is 28.1 Å². The molecule has 44 heavy (non-hydrogen) atoms. The van der Waals surface area contributed by atoms with Gasteiger partial charge < -0.3 is 9.88 Å². The van der Waals surface area contributed by atoms with E-state index in [4.69, 9.17) is 0 Å². The molecule has 1 N–H and O–H groups in total. The van der Waals surface area contributed by atoms with Gasteiger partial charge in [-0.3, -0.25) is 0 Å². The van der Waals surface area contributed by atoms with Gasteiger partial charge in [-0.05, 0) is 88.5 Å². The predicted molar refractivity (Wildman–Crippen MR) is 187 cm³/mol. The van der Waals surface area contributed by atoms with Gasteiger partial charge in [0, 0.05) is 38.9 Å². The quantitative estimate of drug-likeness (QED) is 0.214. The molecule has 0 fully saturated rings. The third kappa shape index (κ3) is 4.73. The van der Waals surface area contributed by atoms with E-state index in [2.05, 4.69) is 186 Å². The second-order valence-electron chi connectivity index (χ2n) is 11.1. The molecule has 208 valence electrons. The highest BCUT2D eigenvalue weighted by atomic mass is 15.1. The lowest BCUT2D eigenvalue weighted by molar-refractivity contribution is 1.28. The summed E-state index contributed by atoms with van der Waals surface area (Å²) in [5, 5.41) is 2.46. The zero-order valence-corrected chi connectivity index (χ0v) is 24.2. The summed E-state index contributed by atoms with van der Waals surface area (Å²) >= 11 is 0. The standard InChI is InChI=1S/C42H30N2/c1-5-13-30(14-6-1)33-23-26-41-39(27-33)40-29-34(31-15-7-2-8-16-31)28-38(42(40)43-41)32-21-24-37(25-22-32)44(35-17-9-3-10-18-35)36-19-11-4-12-20-36/h1-29,43H. The lowest BCUT2D eigenvalue weighted by atomic mass is 9.95. The number of hydrogen-bond acceptors (Lipinski definition) is 1. The Morgan fingerprint density at radius 2 is 0.818 bits per heavy atom. The summed E-state index contributed by atoms with van der Waals surface area (Å²) in [5.74, 6) is 0. The van der Waals surface area contributed by atoms with Gasteiger partial charge in [0.05, 0.1) is 5.52 Å². The molecule has 0 spiro atoms. The van der Waals surface area contributed by atoms with E-state index < -0.39 is 0 Å². The van der Waals surface area contributed by atoms with Crippen LogP contribution in [0.4, 0.5) is 17.1 Å². The molecule has 2 heteroatoms. The van der Waals surface area contributed by atoms with E-state index in [1.807, 2.05) is 0 Å². The summed E-state index contributed by atoms with van der Waals surface area (Å²) < 4.78 is 0. The highest BCUT2D eigenvalue weighted by Gasteiger charge is 2.16. The van der Waals surface area contributed by atoms with Crippen LogP contribution in [-0.4, -0.2) is 4.98 Å². The first-order chi connectivity index (χ1) is 21.8. The monoisotopic (exact) mass is 562 g/mol. The SMILES string of the molecule is c1ccc(-c2ccc3[nH]c4c(-c5ccc(N(c6ccccc6)c6ccccc6)cc5)cc(-c5ccccc5)cc4c3c2)cc1. The van der Waals surface area contributed by atoms with Crippen LogP contribution in [0.2, 0.25) is 0 Å². The van der Waals surface area contributed by atoms with Gasteiger partial charge in [0.1, 0.15) is 0 Å². The number of benzene rings is 7. The molecule has 0 amide bonds. The number of aromatic nitrogens is 1. The number of anilines is 3. The number of hydrogen-bond donors (Lipinski definition) is 1. The molecular formula is C42H30N2. The highest BCUT2D eigenvalue weighted by Crippen LogP contribution is 2.40. The van der Waals surface area contributed by atoms with Crippen molar-refractivity contribution >= 4 is 38.9 Å². The van der Waals surface area contributed by atoms with Gasteiger partial charge in [0.25, 0.3) is 0 Å². The Morgan fingerprint density at radius 1 is 0.341 bits per heavy atom. The number of rotatable bonds is 6. The second kappa shape index (κ2) is 11.1. The zero-order valence-electron chi connectivity index (χ0n) is 24.2. The zero-order chi connectivity index (χ0) is 29.3. The van der Waals surface area contributed by atoms with E-state index in [1.54, 1.807) is 0 Å². The molecule has 0 saturated carbocycles. The van der Waals surface area contributed by atoms with Gasteiger partial charge in [-0.2, -0.15) is 0 Å². The summed E-state index contributed by atoms with van der Waals surface area (Å²) in [7, 11) is 0. The fourth-order valence-corrected chi connectivity index (χ4v) is 6.23. The molecule has 0 aliphatic carbocycles. The van der Waals surface area contributed by atoms with Crippen LogP contribution in [0.15, 0.2) is 176 Å². The third-order valence-corrected chi connectivity index (χ3v) is 8.39. The Bertz CT molecular complexity index is 2140. The molecule has 8 rings (SSSR count). The summed E-state index contributed by atoms with van der Waals surface area (Å²) in [4.78, 5) is 6.08. The van der Waals surface area contributed by atoms with Gasteiger partial charge in [-0.1, -0.05) is 115 Å². The Hall–Kier alpha value is -5.86. The van der Waals surface area contributed by atoms with E-state index in [-0.39, 0.29) is 0 Å². The van der Waals surface area contributed by atoms with Crippen molar-refractivity contribution in [1.29, 1.82) is 0 Å². The van der Waals surface area contributed by atoms with Crippen LogP contribution in [-0.2, 0) is 0 Å². The lowest BCUT2D eigenvalue weighted by Crippen LogP contribution is -2.09. The van der Waals surface area contributed by atoms with Crippen molar-refractivity contribution in [3.05, 3.63) is 176 Å². The fraction of sp³-hybridized carbons (Fsp3) is 0. The van der Waals surface area contributed by atoms with Crippen molar-refractivity contribution < 1.29 is 0 Å². The van der Waals surface area contributed by atoms with Crippen LogP contribution < -0.4 is 4.90 Å². The smallest absolute Gasteiger partial charge is 0.0544 e. The van der Waals surface area contributed by atoms with Gasteiger partial charge in [0.2, 0.25) is 0 Å². The largest absolute Gasteiger partial charge is 0.354 e. The normalized spacial score (nSPS) is 11.2. The highest BCUT2D eigenvalue weighted by molar-refractivity contribution is 6.14. The Balaban J connectivity index is 1.29. The number of fused-ring (bicyclic) bond motifs is 3. The molecule has 1 aromatic heterocycles. The second-order valence-corrected chi connectivity index (χ2v) is 11.1. The average Bonchev–Trinajstić information content (AvgIpc) is 3.48. The maximum absolute atomic E-state index is 3.78. The number of nitrogens with zero attached hydrogens (tertiary/aromatic N) is 1. The summed E-state index contributed by atoms with van der Waals surface area (Å²) in [6, 6.07) is 62.7. The van der Waals surface area contributed by atoms with Crippen molar-refractivity contribution in [2.24, 2.45) is 0 Å². The van der Waals surface area contributed by atoms with E-state index in [1.165, 1.54) is 44.2 Å². The van der Waals surface area contributed by atoms with Crippen molar-refractivity contribution in [1.82, 2.24) is 4.98 Å². The first-order valence-corrected chi connectivity index (χ1v) is 15.0. The van der Waals surface area contributed by atoms with Gasteiger partial charge in [0.15, 0.2) is 0 Å². The summed E-state index contributed by atoms with van der Waals surface area (Å²) in [6.45, 7) is 0. The van der Waals surface area contributed by atoms with Crippen molar-refractivity contribution in [2.75, 3.05) is 4.90 Å². The third-order valence-electron chi connectivity index (χ3n) is 8.39. The van der Waals surface area contributed by atoms with Crippen LogP contribution >= 0.6 is 0 Å². The molecular weight excluding hydrogens is 532 g/mol. The topological polar surface area (TPSA) is 19.0 Å². The average molecular weight is 563 g/mol. The first kappa shape index (κ1) is 25.8. The number of nitrogens with one attached hydrogen (secondary N) is 1. The maximum Gasteiger partial charge on any atom is 0.0544 e. The molecule has 0 saturated heterocycles. The minimum atomic E-state index is 1.12. The van der Waals surface area contributed by atoms with Gasteiger partial charge >= 0.3 is 0 Å². The van der Waals surface area contributed by atoms with E-state index in [0.29, 0.717) is 0 Å². The van der Waals surface area contributed by atoms with Crippen molar-refractivity contribution in [3.63, 3.8) is 0 Å². The van der Waals surface area contributed by atoms with Crippen molar-refractivity contribution in [3.8, 4) is 33.4 Å². The lowest BCUT2D eigenvalue weighted by Gasteiger charge is -2.25. The molecule has 1 heterocycles. The summed E-state index contributed by atoms with van der Waals surface area (Å²) in [5.41, 5.74) is 12.9. The number of H-pyrrole nitrogens is 1. The molecule has 2 nitrogen and oxygen atoms in total. The Kier molecular flexibility index (Phi) is 6.51. The maximum atomic E-state index is 3.78. The molecule has 0 aliphatic heterocycles. The molecule has 7 aromatic carbocycles. The summed E-state index contributed by atoms with van der Waals surface area (Å²) in [6.07, 6.45) is 0. The van der Waals surface area contributed by atoms with Gasteiger partial charge in [-0.25, -0.2) is 0 Å². The van der Waals surface area contributed by atoms with Crippen LogP contribution in [0.3, 0.4) is 0 Å². The Morgan fingerprint density at radius 3 is 1.41 bits per heavy atom. The fourth-order valence-electron chi connectivity index (χ4n) is 6.23. The minimum Gasteiger partial charge on any atom is -0.354 e. The first-order valence-electron chi connectivity index (χ1n) is 15.0. The number of aromatic amines is 1. The predicted octanol–water partition coefficient (Wildman–Crippen LogP) is 11.8. The van der Waals surface area contributed by atoms with Crippen molar-refractivity contribution in [2.45, 2.75) is 0 Å². The van der Waals surface area contributed by atoms with Crippen LogP contribution in [0.25, 0.3) is 55.2 Å². The van der Waals surface area contributed by atoms with E-state index >= 15 is 0 Å². The molecule has 0 aliphatic rings. The molecule has 0 atom stereocenters. The minimum absolute atomic E-state index is 1.12. The van der Waals surface area contributed by atoms with Crippen LogP contribution in [0.1, 0.15) is 0 Å². The molecule has 8 aromatic rings.